The first kappa shape index (κ1) is 48.2. The van der Waals surface area contributed by atoms with Crippen LogP contribution in [0.4, 0.5) is 145 Å². The maximum Gasteiger partial charge on any atom is 0.460 e. The highest BCUT2D eigenvalue weighted by Gasteiger charge is 2.94. The molecule has 303 valence electrons. The summed E-state index contributed by atoms with van der Waals surface area (Å²) in [7, 11) is 0. The smallest absolute Gasteiger partial charge is 0.202 e. The Bertz CT molecular complexity index is 1350. The van der Waals surface area contributed by atoms with Gasteiger partial charge in [0.2, 0.25) is 23.3 Å². The van der Waals surface area contributed by atoms with Crippen molar-refractivity contribution in [3.63, 3.8) is 0 Å². The molecule has 33 heteroatoms. The molecule has 0 saturated heterocycles. The molecule has 0 rings (SSSR count). The van der Waals surface area contributed by atoms with Gasteiger partial charge >= 0.3 is 83.7 Å². The minimum Gasteiger partial charge on any atom is -0.202 e. The van der Waals surface area contributed by atoms with Crippen LogP contribution in [0.2, 0.25) is 0 Å². The van der Waals surface area contributed by atoms with Crippen LogP contribution in [0.1, 0.15) is 0 Å². The van der Waals surface area contributed by atoms with Gasteiger partial charge < -0.3 is 0 Å². The summed E-state index contributed by atoms with van der Waals surface area (Å²) >= 11 is 0. The van der Waals surface area contributed by atoms with Crippen LogP contribution in [0.25, 0.3) is 0 Å². The van der Waals surface area contributed by atoms with E-state index in [2.05, 4.69) is 0 Å². The van der Waals surface area contributed by atoms with Crippen molar-refractivity contribution >= 4 is 0 Å². The summed E-state index contributed by atoms with van der Waals surface area (Å²) in [5.41, 5.74) is 0. The molecule has 0 heterocycles. The highest BCUT2D eigenvalue weighted by molar-refractivity contribution is 5.32. The third kappa shape index (κ3) is 6.14. The van der Waals surface area contributed by atoms with Crippen molar-refractivity contribution in [1.82, 2.24) is 0 Å². The SMILES string of the molecule is F[C](F)C(F)(F)C(F)(F)C(F)(F)C(F)(F)C(F)(F)C(F)(F)C(F)(F)/C(F)=C(/F)C(F)(F)/C(F)=C(/F)C(F)(F)C(F)(F)C(F)(F)C(F)(F)C(F)(F)F. The maximum atomic E-state index is 13.7. The van der Waals surface area contributed by atoms with E-state index in [4.69, 9.17) is 0 Å². The van der Waals surface area contributed by atoms with Crippen molar-refractivity contribution in [1.29, 1.82) is 0 Å². The van der Waals surface area contributed by atoms with Crippen LogP contribution in [-0.4, -0.2) is 77.2 Å². The van der Waals surface area contributed by atoms with E-state index >= 15 is 0 Å². The van der Waals surface area contributed by atoms with Gasteiger partial charge in [-0.25, -0.2) is 17.6 Å². The van der Waals surface area contributed by atoms with Gasteiger partial charge in [0.05, 0.1) is 0 Å². The van der Waals surface area contributed by atoms with Crippen molar-refractivity contribution in [2.24, 2.45) is 0 Å². The molecule has 0 spiro atoms. The van der Waals surface area contributed by atoms with E-state index in [0.29, 0.717) is 0 Å². The normalized spacial score (nSPS) is 17.5. The second-order valence-corrected chi connectivity index (χ2v) is 8.91. The van der Waals surface area contributed by atoms with Crippen molar-refractivity contribution in [3.05, 3.63) is 29.7 Å². The second kappa shape index (κ2) is 12.4. The molecule has 51 heavy (non-hydrogen) atoms. The second-order valence-electron chi connectivity index (χ2n) is 8.91. The van der Waals surface area contributed by atoms with Crippen LogP contribution >= 0.6 is 0 Å². The van der Waals surface area contributed by atoms with Gasteiger partial charge in [0.1, 0.15) is 0 Å². The van der Waals surface area contributed by atoms with Crippen LogP contribution in [0.3, 0.4) is 0 Å². The van der Waals surface area contributed by atoms with Crippen molar-refractivity contribution in [3.8, 4) is 0 Å². The van der Waals surface area contributed by atoms with Gasteiger partial charge in [0.15, 0.2) is 0 Å². The lowest BCUT2D eigenvalue weighted by atomic mass is 9.88. The van der Waals surface area contributed by atoms with Gasteiger partial charge in [-0.1, -0.05) is 0 Å². The predicted molar refractivity (Wildman–Crippen MR) is 89.4 cm³/mol. The molecule has 0 aromatic heterocycles. The Morgan fingerprint density at radius 3 is 0.627 bits per heavy atom. The van der Waals surface area contributed by atoms with E-state index in [0.717, 1.165) is 0 Å². The van der Waals surface area contributed by atoms with E-state index in [1.165, 1.54) is 0 Å². The third-order valence-corrected chi connectivity index (χ3v) is 5.63. The molecule has 0 aliphatic heterocycles. The first-order valence-corrected chi connectivity index (χ1v) is 10.5. The molecule has 0 aromatic rings. The van der Waals surface area contributed by atoms with E-state index in [1.807, 2.05) is 0 Å². The Labute approximate surface area is 253 Å². The zero-order chi connectivity index (χ0) is 42.4. The standard InChI is InChI=1S/C18F33/c19-1(6(25,26)2(20)4(22)8(29,30)11(35,36)15(43,44)17(47,48)18(49,50)51)3(21)7(27,28)10(33,34)13(39,40)16(45,46)14(41,42)12(37,38)9(31,32)5(23)24/b3-1-,4-2-. The molecular formula is C18F33. The first-order chi connectivity index (χ1) is 21.6. The Kier molecular flexibility index (Phi) is 11.7. The molecule has 0 bridgehead atoms. The summed E-state index contributed by atoms with van der Waals surface area (Å²) in [6.45, 7) is 0. The summed E-state index contributed by atoms with van der Waals surface area (Å²) in [4.78, 5) is 0. The molecule has 0 saturated carbocycles. The van der Waals surface area contributed by atoms with Crippen molar-refractivity contribution in [2.75, 3.05) is 0 Å². The monoisotopic (exact) mass is 843 g/mol. The topological polar surface area (TPSA) is 0 Å². The van der Waals surface area contributed by atoms with Gasteiger partial charge in [0, 0.05) is 0 Å². The Hall–Kier alpha value is -2.83. The molecular weight excluding hydrogens is 843 g/mol. The molecule has 0 N–H and O–H groups in total. The summed E-state index contributed by atoms with van der Waals surface area (Å²) < 4.78 is 433. The lowest BCUT2D eigenvalue weighted by molar-refractivity contribution is -0.440. The Morgan fingerprint density at radius 2 is 0.412 bits per heavy atom. The lowest BCUT2D eigenvalue weighted by Gasteiger charge is -2.42. The van der Waals surface area contributed by atoms with Gasteiger partial charge in [-0.2, -0.15) is 127 Å². The van der Waals surface area contributed by atoms with Gasteiger partial charge in [-0.15, -0.1) is 0 Å². The molecule has 0 amide bonds. The number of hydrogen-bond acceptors (Lipinski definition) is 0. The van der Waals surface area contributed by atoms with E-state index in [1.54, 1.807) is 0 Å². The molecule has 0 aliphatic rings. The molecule has 0 unspecified atom stereocenters. The Balaban J connectivity index is 7.58. The molecule has 0 aliphatic carbocycles. The van der Waals surface area contributed by atoms with E-state index in [-0.39, 0.29) is 0 Å². The molecule has 0 aromatic carbocycles. The third-order valence-electron chi connectivity index (χ3n) is 5.63. The highest BCUT2D eigenvalue weighted by Crippen LogP contribution is 2.65. The van der Waals surface area contributed by atoms with Gasteiger partial charge in [0.25, 0.3) is 0 Å². The van der Waals surface area contributed by atoms with Crippen molar-refractivity contribution < 1.29 is 145 Å². The lowest BCUT2D eigenvalue weighted by Crippen LogP contribution is -2.73. The average molecular weight is 843 g/mol. The van der Waals surface area contributed by atoms with E-state index in [9.17, 15) is 145 Å². The minimum absolute atomic E-state index is 5.45. The molecule has 1 radical (unpaired) electrons. The summed E-state index contributed by atoms with van der Waals surface area (Å²) in [6, 6.07) is 0. The fourth-order valence-electron chi connectivity index (χ4n) is 2.60. The van der Waals surface area contributed by atoms with Crippen LogP contribution in [0.15, 0.2) is 23.3 Å². The number of halogens is 33. The van der Waals surface area contributed by atoms with Crippen LogP contribution in [-0.2, 0) is 0 Å². The van der Waals surface area contributed by atoms with Crippen LogP contribution < -0.4 is 0 Å². The maximum absolute atomic E-state index is 13.7. The summed E-state index contributed by atoms with van der Waals surface area (Å²) in [5, 5.41) is 0. The fraction of sp³-hybridized carbons (Fsp3) is 0.722. The molecule has 0 nitrogen and oxygen atoms in total. The highest BCUT2D eigenvalue weighted by atomic mass is 19.4. The minimum atomic E-state index is -9.52. The Morgan fingerprint density at radius 1 is 0.216 bits per heavy atom. The van der Waals surface area contributed by atoms with Crippen molar-refractivity contribution in [2.45, 2.75) is 77.2 Å². The zero-order valence-electron chi connectivity index (χ0n) is 21.5. The number of allylic oxidation sites excluding steroid dienone is 4. The van der Waals surface area contributed by atoms with Crippen LogP contribution in [0.5, 0.6) is 0 Å². The summed E-state index contributed by atoms with van der Waals surface area (Å²) in [6.07, 6.45) is -13.6. The van der Waals surface area contributed by atoms with Crippen LogP contribution in [0, 0.1) is 6.43 Å². The van der Waals surface area contributed by atoms with Gasteiger partial charge in [-0.05, 0) is 0 Å². The zero-order valence-corrected chi connectivity index (χ0v) is 21.5. The fourth-order valence-corrected chi connectivity index (χ4v) is 2.60. The molecule has 0 atom stereocenters. The quantitative estimate of drug-likeness (QED) is 0.153. The van der Waals surface area contributed by atoms with Gasteiger partial charge in [-0.3, -0.25) is 0 Å². The average Bonchev–Trinajstić information content (AvgIpc) is 2.93. The number of hydrogen-bond donors (Lipinski definition) is 0. The predicted octanol–water partition coefficient (Wildman–Crippen LogP) is 11.9. The number of rotatable bonds is 14. The largest absolute Gasteiger partial charge is 0.460 e. The van der Waals surface area contributed by atoms with E-state index < -0.39 is 107 Å². The first-order valence-electron chi connectivity index (χ1n) is 10.5. The summed E-state index contributed by atoms with van der Waals surface area (Å²) in [5.74, 6) is -131. The number of alkyl halides is 27. The molecule has 0 fully saturated rings.